The summed E-state index contributed by atoms with van der Waals surface area (Å²) in [6, 6.07) is 10.4. The Labute approximate surface area is 160 Å². The van der Waals surface area contributed by atoms with Crippen LogP contribution in [0.1, 0.15) is 36.6 Å². The molecule has 2 fully saturated rings. The van der Waals surface area contributed by atoms with Crippen LogP contribution in [-0.4, -0.2) is 47.0 Å². The van der Waals surface area contributed by atoms with E-state index >= 15 is 0 Å². The minimum absolute atomic E-state index is 0.293. The topological polar surface area (TPSA) is 49.3 Å². The Morgan fingerprint density at radius 2 is 1.78 bits per heavy atom. The summed E-state index contributed by atoms with van der Waals surface area (Å²) >= 11 is 0. The molecule has 0 radical (unpaired) electrons. The fourth-order valence-electron chi connectivity index (χ4n) is 3.82. The molecule has 1 saturated carbocycles. The molecule has 1 aromatic carbocycles. The Bertz CT molecular complexity index is 850. The molecule has 0 atom stereocenters. The molecule has 4 rings (SSSR count). The van der Waals surface area contributed by atoms with Crippen molar-refractivity contribution in [1.82, 2.24) is 14.9 Å². The number of hydrogen-bond acceptors (Lipinski definition) is 4. The second-order valence-corrected chi connectivity index (χ2v) is 7.31. The molecule has 1 aliphatic carbocycles. The first-order valence-electron chi connectivity index (χ1n) is 9.76. The van der Waals surface area contributed by atoms with Gasteiger partial charge in [-0.3, -0.25) is 4.79 Å². The second-order valence-electron chi connectivity index (χ2n) is 7.31. The lowest BCUT2D eigenvalue weighted by Gasteiger charge is -2.36. The van der Waals surface area contributed by atoms with Crippen LogP contribution in [0.15, 0.2) is 42.7 Å². The van der Waals surface area contributed by atoms with E-state index in [0.29, 0.717) is 11.8 Å². The molecule has 5 nitrogen and oxygen atoms in total. The van der Waals surface area contributed by atoms with Crippen LogP contribution >= 0.6 is 0 Å². The van der Waals surface area contributed by atoms with Crippen LogP contribution in [0.3, 0.4) is 0 Å². The van der Waals surface area contributed by atoms with Gasteiger partial charge in [-0.05, 0) is 37.8 Å². The van der Waals surface area contributed by atoms with Crippen molar-refractivity contribution in [3.05, 3.63) is 59.6 Å². The van der Waals surface area contributed by atoms with E-state index in [9.17, 15) is 4.79 Å². The molecule has 1 saturated heterocycles. The van der Waals surface area contributed by atoms with E-state index in [-0.39, 0.29) is 0 Å². The number of anilines is 1. The normalized spacial score (nSPS) is 17.9. The molecule has 2 heterocycles. The molecule has 0 unspecified atom stereocenters. The molecular formula is C22H26N4O. The van der Waals surface area contributed by atoms with Gasteiger partial charge in [0.2, 0.25) is 5.91 Å². The van der Waals surface area contributed by atoms with Crippen LogP contribution in [0, 0.1) is 12.8 Å². The number of allylic oxidation sites excluding steroid dienone is 1. The van der Waals surface area contributed by atoms with Gasteiger partial charge in [-0.15, -0.1) is 0 Å². The smallest absolute Gasteiger partial charge is 0.225 e. The van der Waals surface area contributed by atoms with Crippen molar-refractivity contribution in [2.24, 2.45) is 5.92 Å². The Morgan fingerprint density at radius 1 is 1.07 bits per heavy atom. The van der Waals surface area contributed by atoms with Crippen LogP contribution in [0.4, 0.5) is 5.82 Å². The van der Waals surface area contributed by atoms with Crippen molar-refractivity contribution in [3.8, 4) is 0 Å². The number of carbonyl (C=O) groups excluding carboxylic acids is 1. The number of nitrogens with zero attached hydrogens (tertiary/aromatic N) is 4. The van der Waals surface area contributed by atoms with Crippen LogP contribution in [0.5, 0.6) is 0 Å². The first kappa shape index (κ1) is 17.7. The zero-order valence-corrected chi connectivity index (χ0v) is 16.1. The zero-order valence-electron chi connectivity index (χ0n) is 16.1. The third kappa shape index (κ3) is 3.59. The van der Waals surface area contributed by atoms with Gasteiger partial charge in [0.05, 0.1) is 5.69 Å². The number of carbonyl (C=O) groups is 1. The largest absolute Gasteiger partial charge is 0.352 e. The third-order valence-corrected chi connectivity index (χ3v) is 5.48. The number of amides is 1. The summed E-state index contributed by atoms with van der Waals surface area (Å²) in [5.74, 6) is 1.60. The standard InChI is InChI=1S/C22H26N4O/c1-3-19(17-7-5-4-6-8-17)20-16(2)23-15-24-21(20)25-11-13-26(14-12-25)22(27)18-9-10-18/h3-8,15,18H,9-14H2,1-2H3/b19-3-. The fourth-order valence-corrected chi connectivity index (χ4v) is 3.82. The Balaban J connectivity index is 1.61. The average molecular weight is 362 g/mol. The van der Waals surface area contributed by atoms with Crippen molar-refractivity contribution in [1.29, 1.82) is 0 Å². The molecule has 0 N–H and O–H groups in total. The Hall–Kier alpha value is -2.69. The molecule has 2 aromatic rings. The van der Waals surface area contributed by atoms with Gasteiger partial charge in [0.25, 0.3) is 0 Å². The molecule has 27 heavy (non-hydrogen) atoms. The van der Waals surface area contributed by atoms with E-state index < -0.39 is 0 Å². The summed E-state index contributed by atoms with van der Waals surface area (Å²) in [7, 11) is 0. The van der Waals surface area contributed by atoms with Crippen LogP contribution in [0.2, 0.25) is 0 Å². The van der Waals surface area contributed by atoms with Gasteiger partial charge in [0, 0.05) is 37.7 Å². The van der Waals surface area contributed by atoms with E-state index in [1.165, 1.54) is 5.56 Å². The van der Waals surface area contributed by atoms with E-state index in [0.717, 1.165) is 61.7 Å². The van der Waals surface area contributed by atoms with Crippen molar-refractivity contribution < 1.29 is 4.79 Å². The maximum absolute atomic E-state index is 12.3. The summed E-state index contributed by atoms with van der Waals surface area (Å²) in [6.07, 6.45) is 5.91. The first-order valence-corrected chi connectivity index (χ1v) is 9.76. The summed E-state index contributed by atoms with van der Waals surface area (Å²) in [4.78, 5) is 25.8. The third-order valence-electron chi connectivity index (χ3n) is 5.48. The number of benzene rings is 1. The summed E-state index contributed by atoms with van der Waals surface area (Å²) < 4.78 is 0. The number of hydrogen-bond donors (Lipinski definition) is 0. The molecule has 1 aromatic heterocycles. The predicted octanol–water partition coefficient (Wildman–Crippen LogP) is 3.30. The predicted molar refractivity (Wildman–Crippen MR) is 107 cm³/mol. The number of aromatic nitrogens is 2. The molecular weight excluding hydrogens is 336 g/mol. The molecule has 0 spiro atoms. The summed E-state index contributed by atoms with van der Waals surface area (Å²) in [5, 5.41) is 0. The fraction of sp³-hybridized carbons (Fsp3) is 0.409. The van der Waals surface area contributed by atoms with Crippen molar-refractivity contribution in [2.75, 3.05) is 31.1 Å². The molecule has 1 aliphatic heterocycles. The van der Waals surface area contributed by atoms with Gasteiger partial charge in [0.15, 0.2) is 0 Å². The van der Waals surface area contributed by atoms with Gasteiger partial charge >= 0.3 is 0 Å². The first-order chi connectivity index (χ1) is 13.2. The minimum Gasteiger partial charge on any atom is -0.352 e. The lowest BCUT2D eigenvalue weighted by Crippen LogP contribution is -2.49. The highest BCUT2D eigenvalue weighted by Gasteiger charge is 2.35. The molecule has 0 bridgehead atoms. The van der Waals surface area contributed by atoms with E-state index in [1.807, 2.05) is 17.9 Å². The van der Waals surface area contributed by atoms with Crippen LogP contribution < -0.4 is 4.90 Å². The molecule has 5 heteroatoms. The maximum Gasteiger partial charge on any atom is 0.225 e. The highest BCUT2D eigenvalue weighted by molar-refractivity contribution is 5.86. The van der Waals surface area contributed by atoms with Gasteiger partial charge in [-0.25, -0.2) is 9.97 Å². The van der Waals surface area contributed by atoms with E-state index in [2.05, 4.69) is 52.1 Å². The molecule has 140 valence electrons. The van der Waals surface area contributed by atoms with E-state index in [1.54, 1.807) is 6.33 Å². The van der Waals surface area contributed by atoms with E-state index in [4.69, 9.17) is 0 Å². The summed E-state index contributed by atoms with van der Waals surface area (Å²) in [5.41, 5.74) is 4.39. The van der Waals surface area contributed by atoms with Crippen molar-refractivity contribution >= 4 is 17.3 Å². The lowest BCUT2D eigenvalue weighted by molar-refractivity contribution is -0.132. The minimum atomic E-state index is 0.293. The number of piperazine rings is 1. The monoisotopic (exact) mass is 362 g/mol. The van der Waals surface area contributed by atoms with Crippen LogP contribution in [0.25, 0.3) is 5.57 Å². The number of rotatable bonds is 4. The Kier molecular flexibility index (Phi) is 4.92. The van der Waals surface area contributed by atoms with Gasteiger partial charge in [0.1, 0.15) is 12.1 Å². The Morgan fingerprint density at radius 3 is 2.41 bits per heavy atom. The highest BCUT2D eigenvalue weighted by atomic mass is 16.2. The zero-order chi connectivity index (χ0) is 18.8. The number of aryl methyl sites for hydroxylation is 1. The SMILES string of the molecule is C/C=C(/c1ccccc1)c1c(C)ncnc1N1CCN(C(=O)C2CC2)CC1. The second kappa shape index (κ2) is 7.51. The maximum atomic E-state index is 12.3. The van der Waals surface area contributed by atoms with Crippen LogP contribution in [-0.2, 0) is 4.79 Å². The van der Waals surface area contributed by atoms with Gasteiger partial charge in [-0.1, -0.05) is 36.4 Å². The molecule has 1 amide bonds. The molecule has 2 aliphatic rings. The van der Waals surface area contributed by atoms with Crippen molar-refractivity contribution in [2.45, 2.75) is 26.7 Å². The highest BCUT2D eigenvalue weighted by Crippen LogP contribution is 2.34. The van der Waals surface area contributed by atoms with Gasteiger partial charge < -0.3 is 9.80 Å². The average Bonchev–Trinajstić information content (AvgIpc) is 3.55. The quantitative estimate of drug-likeness (QED) is 0.837. The summed E-state index contributed by atoms with van der Waals surface area (Å²) in [6.45, 7) is 7.27. The van der Waals surface area contributed by atoms with Crippen molar-refractivity contribution in [3.63, 3.8) is 0 Å². The lowest BCUT2D eigenvalue weighted by atomic mass is 9.96. The van der Waals surface area contributed by atoms with Gasteiger partial charge in [-0.2, -0.15) is 0 Å².